The van der Waals surface area contributed by atoms with E-state index in [1.807, 2.05) is 24.0 Å². The van der Waals surface area contributed by atoms with E-state index in [9.17, 15) is 9.50 Å². The molecule has 0 amide bonds. The van der Waals surface area contributed by atoms with E-state index in [1.165, 1.54) is 12.1 Å². The molecule has 1 aliphatic rings. The van der Waals surface area contributed by atoms with Gasteiger partial charge in [-0.05, 0) is 24.3 Å². The summed E-state index contributed by atoms with van der Waals surface area (Å²) in [6.45, 7) is 5.39. The van der Waals surface area contributed by atoms with E-state index < -0.39 is 6.10 Å². The number of hydrogen-bond acceptors (Lipinski definition) is 5. The molecule has 0 bridgehead atoms. The summed E-state index contributed by atoms with van der Waals surface area (Å²) in [7, 11) is 2.01. The van der Waals surface area contributed by atoms with Gasteiger partial charge >= 0.3 is 0 Å². The van der Waals surface area contributed by atoms with Gasteiger partial charge in [0.15, 0.2) is 0 Å². The molecule has 6 nitrogen and oxygen atoms in total. The molecule has 0 saturated carbocycles. The number of aromatic nitrogens is 2. The molecule has 1 N–H and O–H groups in total. The number of nitrogens with zero attached hydrogens (tertiary/aromatic N) is 4. The minimum absolute atomic E-state index is 0.207. The van der Waals surface area contributed by atoms with Gasteiger partial charge in [0, 0.05) is 52.2 Å². The summed E-state index contributed by atoms with van der Waals surface area (Å²) in [4.78, 5) is 8.98. The van der Waals surface area contributed by atoms with E-state index in [1.54, 1.807) is 12.1 Å². The van der Waals surface area contributed by atoms with Crippen molar-refractivity contribution < 1.29 is 14.2 Å². The van der Waals surface area contributed by atoms with Gasteiger partial charge in [-0.3, -0.25) is 9.80 Å². The number of aliphatic hydroxyl groups is 1. The highest BCUT2D eigenvalue weighted by atomic mass is 19.1. The molecule has 1 fully saturated rings. The van der Waals surface area contributed by atoms with Crippen molar-refractivity contribution in [1.82, 2.24) is 19.4 Å². The predicted molar refractivity (Wildman–Crippen MR) is 92.8 cm³/mol. The molecule has 1 saturated heterocycles. The maximum absolute atomic E-state index is 12.8. The first kappa shape index (κ1) is 17.8. The van der Waals surface area contributed by atoms with Crippen molar-refractivity contribution in [2.45, 2.75) is 12.6 Å². The Morgan fingerprint density at radius 2 is 1.84 bits per heavy atom. The van der Waals surface area contributed by atoms with E-state index in [-0.39, 0.29) is 12.4 Å². The summed E-state index contributed by atoms with van der Waals surface area (Å²) in [5, 5.41) is 10.2. The van der Waals surface area contributed by atoms with Crippen molar-refractivity contribution in [3.63, 3.8) is 0 Å². The van der Waals surface area contributed by atoms with Gasteiger partial charge in [0.25, 0.3) is 0 Å². The number of benzene rings is 1. The number of β-amino-alcohol motifs (C(OH)–C–C–N with tert-alkyl or cyclic N) is 1. The minimum atomic E-state index is -0.564. The molecule has 0 radical (unpaired) electrons. The molecule has 25 heavy (non-hydrogen) atoms. The number of ether oxygens (including phenoxy) is 1. The van der Waals surface area contributed by atoms with Crippen LogP contribution in [-0.4, -0.2) is 69.9 Å². The first-order chi connectivity index (χ1) is 12.1. The lowest BCUT2D eigenvalue weighted by atomic mass is 10.2. The highest BCUT2D eigenvalue weighted by molar-refractivity contribution is 5.22. The van der Waals surface area contributed by atoms with Gasteiger partial charge in [-0.2, -0.15) is 0 Å². The SMILES string of the molecule is Cn1ccnc1CN1CCN(C[C@@H](O)COc2ccc(F)cc2)CC1. The second-order valence-corrected chi connectivity index (χ2v) is 6.45. The molecule has 1 atom stereocenters. The zero-order valence-electron chi connectivity index (χ0n) is 14.5. The van der Waals surface area contributed by atoms with Gasteiger partial charge in [-0.25, -0.2) is 9.37 Å². The molecule has 0 spiro atoms. The van der Waals surface area contributed by atoms with Crippen molar-refractivity contribution >= 4 is 0 Å². The summed E-state index contributed by atoms with van der Waals surface area (Å²) >= 11 is 0. The first-order valence-corrected chi connectivity index (χ1v) is 8.57. The van der Waals surface area contributed by atoms with Crippen LogP contribution in [0, 0.1) is 5.82 Å². The van der Waals surface area contributed by atoms with Crippen molar-refractivity contribution in [2.75, 3.05) is 39.3 Å². The molecule has 136 valence electrons. The Bertz CT molecular complexity index is 653. The third-order valence-corrected chi connectivity index (χ3v) is 4.48. The third-order valence-electron chi connectivity index (χ3n) is 4.48. The van der Waals surface area contributed by atoms with Gasteiger partial charge in [0.2, 0.25) is 0 Å². The summed E-state index contributed by atoms with van der Waals surface area (Å²) in [6, 6.07) is 5.84. The Balaban J connectivity index is 1.36. The van der Waals surface area contributed by atoms with Crippen molar-refractivity contribution in [3.8, 4) is 5.75 Å². The zero-order valence-corrected chi connectivity index (χ0v) is 14.5. The molecular weight excluding hydrogens is 323 g/mol. The number of halogens is 1. The fraction of sp³-hybridized carbons (Fsp3) is 0.500. The Labute approximate surface area is 147 Å². The summed E-state index contributed by atoms with van der Waals surface area (Å²) in [6.07, 6.45) is 3.22. The summed E-state index contributed by atoms with van der Waals surface area (Å²) < 4.78 is 20.4. The largest absolute Gasteiger partial charge is 0.491 e. The Kier molecular flexibility index (Phi) is 6.01. The molecule has 1 aromatic carbocycles. The van der Waals surface area contributed by atoms with Crippen LogP contribution in [-0.2, 0) is 13.6 Å². The number of rotatable bonds is 7. The van der Waals surface area contributed by atoms with Crippen molar-refractivity contribution in [3.05, 3.63) is 48.3 Å². The van der Waals surface area contributed by atoms with Crippen LogP contribution < -0.4 is 4.74 Å². The van der Waals surface area contributed by atoms with Gasteiger partial charge in [-0.15, -0.1) is 0 Å². The topological polar surface area (TPSA) is 53.8 Å². The average molecular weight is 348 g/mol. The first-order valence-electron chi connectivity index (χ1n) is 8.57. The highest BCUT2D eigenvalue weighted by Crippen LogP contribution is 2.12. The number of hydrogen-bond donors (Lipinski definition) is 1. The fourth-order valence-corrected chi connectivity index (χ4v) is 2.95. The third kappa shape index (κ3) is 5.26. The molecule has 2 aromatic rings. The van der Waals surface area contributed by atoms with E-state index in [0.717, 1.165) is 38.5 Å². The average Bonchev–Trinajstić information content (AvgIpc) is 3.01. The van der Waals surface area contributed by atoms with Crippen molar-refractivity contribution in [2.24, 2.45) is 7.05 Å². The molecule has 2 heterocycles. The van der Waals surface area contributed by atoms with Crippen LogP contribution in [0.4, 0.5) is 4.39 Å². The lowest BCUT2D eigenvalue weighted by molar-refractivity contribution is 0.0440. The molecule has 3 rings (SSSR count). The molecule has 1 aliphatic heterocycles. The number of imidazole rings is 1. The molecule has 0 aliphatic carbocycles. The highest BCUT2D eigenvalue weighted by Gasteiger charge is 2.20. The minimum Gasteiger partial charge on any atom is -0.491 e. The Morgan fingerprint density at radius 3 is 2.48 bits per heavy atom. The molecular formula is C18H25FN4O2. The Morgan fingerprint density at radius 1 is 1.16 bits per heavy atom. The van der Waals surface area contributed by atoms with Crippen molar-refractivity contribution in [1.29, 1.82) is 0 Å². The zero-order chi connectivity index (χ0) is 17.6. The van der Waals surface area contributed by atoms with Crippen LogP contribution in [0.1, 0.15) is 5.82 Å². The summed E-state index contributed by atoms with van der Waals surface area (Å²) in [5.41, 5.74) is 0. The van der Waals surface area contributed by atoms with Gasteiger partial charge in [-0.1, -0.05) is 0 Å². The maximum Gasteiger partial charge on any atom is 0.123 e. The predicted octanol–water partition coefficient (Wildman–Crippen LogP) is 1.12. The number of aryl methyl sites for hydroxylation is 1. The quantitative estimate of drug-likeness (QED) is 0.813. The van der Waals surface area contributed by atoms with Gasteiger partial charge < -0.3 is 14.4 Å². The van der Waals surface area contributed by atoms with Crippen LogP contribution in [0.2, 0.25) is 0 Å². The van der Waals surface area contributed by atoms with Crippen LogP contribution in [0.3, 0.4) is 0 Å². The van der Waals surface area contributed by atoms with Crippen LogP contribution in [0.15, 0.2) is 36.7 Å². The molecule has 7 heteroatoms. The van der Waals surface area contributed by atoms with E-state index in [4.69, 9.17) is 4.74 Å². The second kappa shape index (κ2) is 8.42. The normalized spacial score (nSPS) is 17.6. The van der Waals surface area contributed by atoms with Crippen LogP contribution >= 0.6 is 0 Å². The number of piperazine rings is 1. The molecule has 0 unspecified atom stereocenters. The smallest absolute Gasteiger partial charge is 0.123 e. The van der Waals surface area contributed by atoms with Gasteiger partial charge in [0.05, 0.1) is 6.54 Å². The molecule has 1 aromatic heterocycles. The van der Waals surface area contributed by atoms with Crippen LogP contribution in [0.5, 0.6) is 5.75 Å². The number of aliphatic hydroxyl groups excluding tert-OH is 1. The summed E-state index contributed by atoms with van der Waals surface area (Å²) in [5.74, 6) is 1.35. The van der Waals surface area contributed by atoms with Crippen LogP contribution in [0.25, 0.3) is 0 Å². The van der Waals surface area contributed by atoms with E-state index in [0.29, 0.717) is 12.3 Å². The monoisotopic (exact) mass is 348 g/mol. The lowest BCUT2D eigenvalue weighted by Crippen LogP contribution is -2.49. The lowest BCUT2D eigenvalue weighted by Gasteiger charge is -2.35. The fourth-order valence-electron chi connectivity index (χ4n) is 2.95. The second-order valence-electron chi connectivity index (χ2n) is 6.45. The van der Waals surface area contributed by atoms with E-state index >= 15 is 0 Å². The van der Waals surface area contributed by atoms with E-state index in [2.05, 4.69) is 14.8 Å². The van der Waals surface area contributed by atoms with Gasteiger partial charge in [0.1, 0.15) is 30.1 Å². The standard InChI is InChI=1S/C18H25FN4O2/c1-21-7-6-20-18(21)13-23-10-8-22(9-11-23)12-16(24)14-25-17-4-2-15(19)3-5-17/h2-7,16,24H,8-14H2,1H3/t16-/m1/s1. The Hall–Kier alpha value is -1.96. The maximum atomic E-state index is 12.8.